The molecule has 0 spiro atoms. The molecular formula is C12H15ClN2OS. The number of aliphatic hydroxyl groups excluding tert-OH is 1. The number of halogens is 1. The van der Waals surface area contributed by atoms with Gasteiger partial charge in [0.05, 0.1) is 6.61 Å². The van der Waals surface area contributed by atoms with Crippen LogP contribution < -0.4 is 10.6 Å². The maximum absolute atomic E-state index is 9.13. The van der Waals surface area contributed by atoms with Crippen LogP contribution in [0.25, 0.3) is 0 Å². The Balaban J connectivity index is 2.37. The third-order valence-corrected chi connectivity index (χ3v) is 3.32. The highest BCUT2D eigenvalue weighted by Crippen LogP contribution is 2.34. The highest BCUT2D eigenvalue weighted by molar-refractivity contribution is 7.80. The maximum atomic E-state index is 9.13. The molecule has 3 nitrogen and oxygen atoms in total. The molecule has 0 radical (unpaired) electrons. The Morgan fingerprint density at radius 2 is 2.24 bits per heavy atom. The van der Waals surface area contributed by atoms with E-state index in [1.807, 2.05) is 12.1 Å². The molecule has 0 aromatic heterocycles. The van der Waals surface area contributed by atoms with E-state index in [0.717, 1.165) is 24.1 Å². The highest BCUT2D eigenvalue weighted by atomic mass is 35.5. The van der Waals surface area contributed by atoms with Gasteiger partial charge in [0, 0.05) is 28.9 Å². The van der Waals surface area contributed by atoms with Crippen LogP contribution in [0, 0.1) is 0 Å². The van der Waals surface area contributed by atoms with E-state index in [2.05, 4.69) is 4.90 Å². The fourth-order valence-corrected chi connectivity index (χ4v) is 2.29. The molecule has 2 rings (SSSR count). The van der Waals surface area contributed by atoms with Crippen molar-refractivity contribution in [3.8, 4) is 0 Å². The Bertz CT molecular complexity index is 435. The van der Waals surface area contributed by atoms with Crippen LogP contribution in [0.15, 0.2) is 18.2 Å². The largest absolute Gasteiger partial charge is 0.395 e. The predicted molar refractivity (Wildman–Crippen MR) is 74.8 cm³/mol. The Labute approximate surface area is 111 Å². The Kier molecular flexibility index (Phi) is 3.86. The third-order valence-electron chi connectivity index (χ3n) is 2.86. The SMILES string of the molecule is NC(=S)c1cc(Cl)ccc1N(CCO)C1CC1. The molecule has 0 unspecified atom stereocenters. The minimum Gasteiger partial charge on any atom is -0.395 e. The Morgan fingerprint density at radius 3 is 2.76 bits per heavy atom. The molecule has 17 heavy (non-hydrogen) atoms. The lowest BCUT2D eigenvalue weighted by Gasteiger charge is -2.26. The molecule has 0 bridgehead atoms. The smallest absolute Gasteiger partial charge is 0.106 e. The molecule has 0 aliphatic heterocycles. The number of thiocarbonyl (C=S) groups is 1. The normalized spacial score (nSPS) is 14.7. The van der Waals surface area contributed by atoms with Crippen molar-refractivity contribution >= 4 is 34.5 Å². The molecule has 1 aliphatic rings. The topological polar surface area (TPSA) is 49.5 Å². The zero-order chi connectivity index (χ0) is 12.4. The fourth-order valence-electron chi connectivity index (χ4n) is 1.95. The van der Waals surface area contributed by atoms with E-state index in [4.69, 9.17) is 34.7 Å². The fraction of sp³-hybridized carbons (Fsp3) is 0.417. The van der Waals surface area contributed by atoms with E-state index in [0.29, 0.717) is 22.6 Å². The molecule has 0 amide bonds. The lowest BCUT2D eigenvalue weighted by Crippen LogP contribution is -2.31. The van der Waals surface area contributed by atoms with Crippen LogP contribution in [-0.4, -0.2) is 29.3 Å². The summed E-state index contributed by atoms with van der Waals surface area (Å²) < 4.78 is 0. The maximum Gasteiger partial charge on any atom is 0.106 e. The first-order valence-corrected chi connectivity index (χ1v) is 6.39. The zero-order valence-corrected chi connectivity index (χ0v) is 11.0. The van der Waals surface area contributed by atoms with E-state index >= 15 is 0 Å². The molecule has 1 aromatic rings. The molecule has 1 aliphatic carbocycles. The van der Waals surface area contributed by atoms with Gasteiger partial charge in [-0.3, -0.25) is 0 Å². The number of nitrogens with two attached hydrogens (primary N) is 1. The molecule has 1 saturated carbocycles. The first kappa shape index (κ1) is 12.6. The second-order valence-electron chi connectivity index (χ2n) is 4.17. The summed E-state index contributed by atoms with van der Waals surface area (Å²) in [7, 11) is 0. The summed E-state index contributed by atoms with van der Waals surface area (Å²) in [5, 5.41) is 9.75. The van der Waals surface area contributed by atoms with Crippen LogP contribution >= 0.6 is 23.8 Å². The molecule has 0 heterocycles. The second-order valence-corrected chi connectivity index (χ2v) is 5.05. The van der Waals surface area contributed by atoms with Gasteiger partial charge in [-0.2, -0.15) is 0 Å². The van der Waals surface area contributed by atoms with E-state index in [9.17, 15) is 0 Å². The Morgan fingerprint density at radius 1 is 1.53 bits per heavy atom. The van der Waals surface area contributed by atoms with E-state index < -0.39 is 0 Å². The lowest BCUT2D eigenvalue weighted by atomic mass is 10.1. The molecule has 92 valence electrons. The first-order chi connectivity index (χ1) is 8.13. The number of anilines is 1. The number of benzene rings is 1. The van der Waals surface area contributed by atoms with Gasteiger partial charge in [0.2, 0.25) is 0 Å². The summed E-state index contributed by atoms with van der Waals surface area (Å²) >= 11 is 11.0. The lowest BCUT2D eigenvalue weighted by molar-refractivity contribution is 0.301. The van der Waals surface area contributed by atoms with Crippen molar-refractivity contribution in [3.63, 3.8) is 0 Å². The molecular weight excluding hydrogens is 256 g/mol. The quantitative estimate of drug-likeness (QED) is 0.803. The van der Waals surface area contributed by atoms with Gasteiger partial charge < -0.3 is 15.7 Å². The number of rotatable bonds is 5. The standard InChI is InChI=1S/C12H15ClN2OS/c13-8-1-4-11(10(7-8)12(14)17)15(5-6-16)9-2-3-9/h1,4,7,9,16H,2-3,5-6H2,(H2,14,17). The van der Waals surface area contributed by atoms with E-state index in [-0.39, 0.29) is 6.61 Å². The van der Waals surface area contributed by atoms with Gasteiger partial charge in [-0.1, -0.05) is 23.8 Å². The van der Waals surface area contributed by atoms with Crippen LogP contribution in [0.4, 0.5) is 5.69 Å². The molecule has 1 fully saturated rings. The van der Waals surface area contributed by atoms with Gasteiger partial charge >= 0.3 is 0 Å². The minimum atomic E-state index is 0.121. The van der Waals surface area contributed by atoms with Crippen LogP contribution in [0.1, 0.15) is 18.4 Å². The van der Waals surface area contributed by atoms with Crippen molar-refractivity contribution in [3.05, 3.63) is 28.8 Å². The molecule has 5 heteroatoms. The summed E-state index contributed by atoms with van der Waals surface area (Å²) in [6.07, 6.45) is 2.30. The van der Waals surface area contributed by atoms with Crippen LogP contribution in [0.2, 0.25) is 5.02 Å². The number of hydrogen-bond acceptors (Lipinski definition) is 3. The van der Waals surface area contributed by atoms with E-state index in [1.54, 1.807) is 6.07 Å². The molecule has 1 aromatic carbocycles. The highest BCUT2D eigenvalue weighted by Gasteiger charge is 2.30. The van der Waals surface area contributed by atoms with Crippen molar-refractivity contribution in [2.24, 2.45) is 5.73 Å². The van der Waals surface area contributed by atoms with Gasteiger partial charge in [0.15, 0.2) is 0 Å². The van der Waals surface area contributed by atoms with Gasteiger partial charge in [-0.15, -0.1) is 0 Å². The van der Waals surface area contributed by atoms with Crippen molar-refractivity contribution < 1.29 is 5.11 Å². The van der Waals surface area contributed by atoms with Crippen LogP contribution in [0.5, 0.6) is 0 Å². The summed E-state index contributed by atoms with van der Waals surface area (Å²) in [6, 6.07) is 6.03. The van der Waals surface area contributed by atoms with E-state index in [1.165, 1.54) is 0 Å². The van der Waals surface area contributed by atoms with Gasteiger partial charge in [-0.05, 0) is 31.0 Å². The van der Waals surface area contributed by atoms with Gasteiger partial charge in [-0.25, -0.2) is 0 Å². The average Bonchev–Trinajstić information content (AvgIpc) is 3.10. The Hall–Kier alpha value is -0.840. The number of aliphatic hydroxyl groups is 1. The van der Waals surface area contributed by atoms with Crippen molar-refractivity contribution in [1.29, 1.82) is 0 Å². The minimum absolute atomic E-state index is 0.121. The summed E-state index contributed by atoms with van der Waals surface area (Å²) in [6.45, 7) is 0.720. The first-order valence-electron chi connectivity index (χ1n) is 5.60. The van der Waals surface area contributed by atoms with Crippen molar-refractivity contribution in [1.82, 2.24) is 0 Å². The van der Waals surface area contributed by atoms with Crippen LogP contribution in [-0.2, 0) is 0 Å². The summed E-state index contributed by atoms with van der Waals surface area (Å²) in [5.41, 5.74) is 7.48. The number of nitrogens with zero attached hydrogens (tertiary/aromatic N) is 1. The van der Waals surface area contributed by atoms with Crippen molar-refractivity contribution in [2.75, 3.05) is 18.1 Å². The van der Waals surface area contributed by atoms with Crippen molar-refractivity contribution in [2.45, 2.75) is 18.9 Å². The molecule has 3 N–H and O–H groups in total. The predicted octanol–water partition coefficient (Wildman–Crippen LogP) is 1.94. The van der Waals surface area contributed by atoms with Crippen LogP contribution in [0.3, 0.4) is 0 Å². The molecule has 0 atom stereocenters. The number of hydrogen-bond donors (Lipinski definition) is 2. The monoisotopic (exact) mass is 270 g/mol. The second kappa shape index (κ2) is 5.21. The molecule has 0 saturated heterocycles. The summed E-state index contributed by atoms with van der Waals surface area (Å²) in [4.78, 5) is 2.50. The van der Waals surface area contributed by atoms with Gasteiger partial charge in [0.25, 0.3) is 0 Å². The average molecular weight is 271 g/mol. The summed E-state index contributed by atoms with van der Waals surface area (Å²) in [5.74, 6) is 0. The third kappa shape index (κ3) is 2.89. The zero-order valence-electron chi connectivity index (χ0n) is 9.40. The van der Waals surface area contributed by atoms with Gasteiger partial charge in [0.1, 0.15) is 4.99 Å².